The number of benzene rings is 1. The van der Waals surface area contributed by atoms with E-state index >= 15 is 0 Å². The van der Waals surface area contributed by atoms with Gasteiger partial charge in [0.15, 0.2) is 0 Å². The quantitative estimate of drug-likeness (QED) is 0.666. The molecule has 0 spiro atoms. The second kappa shape index (κ2) is 5.86. The average Bonchev–Trinajstić information content (AvgIpc) is 2.28. The summed E-state index contributed by atoms with van der Waals surface area (Å²) in [6.07, 6.45) is 1.94. The molecule has 1 N–H and O–H groups in total. The van der Waals surface area contributed by atoms with Crippen molar-refractivity contribution in [2.45, 2.75) is 0 Å². The van der Waals surface area contributed by atoms with Gasteiger partial charge in [-0.15, -0.1) is 0 Å². The van der Waals surface area contributed by atoms with Crippen LogP contribution in [0.5, 0.6) is 0 Å². The van der Waals surface area contributed by atoms with Crippen molar-refractivity contribution >= 4 is 29.5 Å². The van der Waals surface area contributed by atoms with Crippen LogP contribution in [0.4, 0.5) is 10.5 Å². The Hall–Kier alpha value is -2.08. The summed E-state index contributed by atoms with van der Waals surface area (Å²) < 4.78 is 4.33. The number of nitrogens with one attached hydrogen (secondary N) is 1. The van der Waals surface area contributed by atoms with Crippen LogP contribution in [0.1, 0.15) is 5.56 Å². The van der Waals surface area contributed by atoms with Crippen LogP contribution in [-0.2, 0) is 4.74 Å². The Morgan fingerprint density at radius 2 is 2.29 bits per heavy atom. The van der Waals surface area contributed by atoms with Gasteiger partial charge >= 0.3 is 6.09 Å². The fourth-order valence-electron chi connectivity index (χ4n) is 1.08. The number of rotatable bonds is 3. The lowest BCUT2D eigenvalue weighted by Crippen LogP contribution is -2.15. The summed E-state index contributed by atoms with van der Waals surface area (Å²) in [5.74, 6) is 0. The molecule has 6 nitrogen and oxygen atoms in total. The molecule has 0 radical (unpaired) electrons. The third-order valence-corrected chi connectivity index (χ3v) is 2.07. The number of nitrogens with zero attached hydrogens (tertiary/aromatic N) is 1. The van der Waals surface area contributed by atoms with E-state index in [1.807, 2.05) is 0 Å². The fraction of sp³-hybridized carbons (Fsp3) is 0.100. The summed E-state index contributed by atoms with van der Waals surface area (Å²) in [6, 6.07) is 4.14. The first-order valence-electron chi connectivity index (χ1n) is 4.49. The van der Waals surface area contributed by atoms with Gasteiger partial charge in [0.25, 0.3) is 5.69 Å². The first-order valence-corrected chi connectivity index (χ1v) is 4.87. The van der Waals surface area contributed by atoms with E-state index in [0.29, 0.717) is 10.6 Å². The van der Waals surface area contributed by atoms with Gasteiger partial charge < -0.3 is 4.74 Å². The number of nitro benzene ring substituents is 1. The molecule has 0 unspecified atom stereocenters. The van der Waals surface area contributed by atoms with Gasteiger partial charge in [0, 0.05) is 17.3 Å². The maximum atomic E-state index is 10.7. The Morgan fingerprint density at radius 3 is 2.88 bits per heavy atom. The highest BCUT2D eigenvalue weighted by Crippen LogP contribution is 2.23. The Labute approximate surface area is 102 Å². The molecule has 1 aromatic rings. The minimum Gasteiger partial charge on any atom is -0.453 e. The van der Waals surface area contributed by atoms with Crippen molar-refractivity contribution in [3.8, 4) is 0 Å². The van der Waals surface area contributed by atoms with Gasteiger partial charge in [-0.1, -0.05) is 11.6 Å². The van der Waals surface area contributed by atoms with Crippen LogP contribution in [0.25, 0.3) is 6.08 Å². The lowest BCUT2D eigenvalue weighted by molar-refractivity contribution is -0.385. The minimum absolute atomic E-state index is 0.0997. The molecule has 90 valence electrons. The zero-order valence-electron chi connectivity index (χ0n) is 8.84. The van der Waals surface area contributed by atoms with E-state index < -0.39 is 11.0 Å². The van der Waals surface area contributed by atoms with E-state index in [0.717, 1.165) is 0 Å². The van der Waals surface area contributed by atoms with Crippen LogP contribution in [-0.4, -0.2) is 18.1 Å². The van der Waals surface area contributed by atoms with E-state index in [9.17, 15) is 14.9 Å². The lowest BCUT2D eigenvalue weighted by atomic mass is 10.2. The van der Waals surface area contributed by atoms with Crippen LogP contribution in [0.3, 0.4) is 0 Å². The highest BCUT2D eigenvalue weighted by Gasteiger charge is 2.11. The van der Waals surface area contributed by atoms with E-state index in [1.165, 1.54) is 37.6 Å². The molecule has 0 aliphatic carbocycles. The molecule has 0 saturated carbocycles. The van der Waals surface area contributed by atoms with Gasteiger partial charge in [0.1, 0.15) is 0 Å². The number of methoxy groups -OCH3 is 1. The first-order chi connectivity index (χ1) is 8.04. The monoisotopic (exact) mass is 256 g/mol. The van der Waals surface area contributed by atoms with Crippen molar-refractivity contribution in [1.29, 1.82) is 0 Å². The third-order valence-electron chi connectivity index (χ3n) is 1.84. The van der Waals surface area contributed by atoms with Crippen LogP contribution >= 0.6 is 11.6 Å². The topological polar surface area (TPSA) is 81.5 Å². The Balaban J connectivity index is 2.92. The van der Waals surface area contributed by atoms with Crippen LogP contribution in [0, 0.1) is 10.1 Å². The summed E-state index contributed by atoms with van der Waals surface area (Å²) in [6.45, 7) is 0. The lowest BCUT2D eigenvalue weighted by Gasteiger charge is -1.99. The second-order valence-corrected chi connectivity index (χ2v) is 3.37. The summed E-state index contributed by atoms with van der Waals surface area (Å²) in [4.78, 5) is 20.9. The predicted octanol–water partition coefficient (Wildman–Crippen LogP) is 2.57. The zero-order chi connectivity index (χ0) is 12.8. The summed E-state index contributed by atoms with van der Waals surface area (Å²) in [5.41, 5.74) is 0.191. The molecule has 1 aromatic carbocycles. The highest BCUT2D eigenvalue weighted by molar-refractivity contribution is 6.30. The van der Waals surface area contributed by atoms with Gasteiger partial charge in [-0.3, -0.25) is 15.4 Å². The number of nitro groups is 1. The molecule has 0 fully saturated rings. The Bertz CT molecular complexity index is 473. The van der Waals surface area contributed by atoms with Gasteiger partial charge in [-0.2, -0.15) is 0 Å². The van der Waals surface area contributed by atoms with E-state index in [1.54, 1.807) is 0 Å². The summed E-state index contributed by atoms with van der Waals surface area (Å²) >= 11 is 5.72. The Morgan fingerprint density at radius 1 is 1.59 bits per heavy atom. The number of alkyl carbamates (subject to hydrolysis) is 1. The molecule has 0 atom stereocenters. The van der Waals surface area contributed by atoms with Gasteiger partial charge in [-0.05, 0) is 18.2 Å². The van der Waals surface area contributed by atoms with Crippen molar-refractivity contribution in [3.05, 3.63) is 45.1 Å². The van der Waals surface area contributed by atoms with Crippen LogP contribution < -0.4 is 5.32 Å². The maximum absolute atomic E-state index is 10.7. The number of carbonyl (C=O) groups is 1. The minimum atomic E-state index is -0.661. The smallest absolute Gasteiger partial charge is 0.410 e. The van der Waals surface area contributed by atoms with Gasteiger partial charge in [0.2, 0.25) is 0 Å². The number of amides is 1. The molecule has 0 aromatic heterocycles. The van der Waals surface area contributed by atoms with Crippen molar-refractivity contribution in [3.63, 3.8) is 0 Å². The number of ether oxygens (including phenoxy) is 1. The highest BCUT2D eigenvalue weighted by atomic mass is 35.5. The number of halogens is 1. The molecule has 0 heterocycles. The normalized spacial score (nSPS) is 10.2. The van der Waals surface area contributed by atoms with Gasteiger partial charge in [-0.25, -0.2) is 4.79 Å². The molecule has 17 heavy (non-hydrogen) atoms. The number of carbonyl (C=O) groups excluding carboxylic acids is 1. The van der Waals surface area contributed by atoms with E-state index in [-0.39, 0.29) is 5.69 Å². The SMILES string of the molecule is COC(=O)NC=Cc1cc(Cl)ccc1[N+](=O)[O-]. The molecule has 0 aliphatic rings. The molecular weight excluding hydrogens is 248 g/mol. The largest absolute Gasteiger partial charge is 0.453 e. The third kappa shape index (κ3) is 3.76. The Kier molecular flexibility index (Phi) is 4.47. The van der Waals surface area contributed by atoms with Crippen molar-refractivity contribution in [2.75, 3.05) is 7.11 Å². The fourth-order valence-corrected chi connectivity index (χ4v) is 1.26. The van der Waals surface area contributed by atoms with Crippen LogP contribution in [0.2, 0.25) is 5.02 Å². The molecule has 7 heteroatoms. The van der Waals surface area contributed by atoms with Crippen molar-refractivity contribution in [2.24, 2.45) is 0 Å². The number of hydrogen-bond acceptors (Lipinski definition) is 4. The second-order valence-electron chi connectivity index (χ2n) is 2.93. The average molecular weight is 257 g/mol. The molecule has 0 bridgehead atoms. The van der Waals surface area contributed by atoms with E-state index in [4.69, 9.17) is 11.6 Å². The maximum Gasteiger partial charge on any atom is 0.410 e. The van der Waals surface area contributed by atoms with Crippen molar-refractivity contribution in [1.82, 2.24) is 5.32 Å². The first kappa shape index (κ1) is 13.0. The number of hydrogen-bond donors (Lipinski definition) is 1. The molecule has 1 rings (SSSR count). The predicted molar refractivity (Wildman–Crippen MR) is 62.7 cm³/mol. The van der Waals surface area contributed by atoms with Crippen LogP contribution in [0.15, 0.2) is 24.4 Å². The van der Waals surface area contributed by atoms with Crippen molar-refractivity contribution < 1.29 is 14.5 Å². The van der Waals surface area contributed by atoms with E-state index in [2.05, 4.69) is 10.1 Å². The zero-order valence-corrected chi connectivity index (χ0v) is 9.60. The molecule has 0 saturated heterocycles. The summed E-state index contributed by atoms with van der Waals surface area (Å²) in [5, 5.41) is 13.3. The summed E-state index contributed by atoms with van der Waals surface area (Å²) in [7, 11) is 1.21. The standard InChI is InChI=1S/C10H9ClN2O4/c1-17-10(14)12-5-4-7-6-8(11)2-3-9(7)13(15)16/h2-6H,1H3,(H,12,14). The molecular formula is C10H9ClN2O4. The molecule has 1 amide bonds. The van der Waals surface area contributed by atoms with Gasteiger partial charge in [0.05, 0.1) is 17.6 Å². The molecule has 0 aliphatic heterocycles.